The molecule has 20 heavy (non-hydrogen) atoms. The molecule has 0 rings (SSSR count). The number of alkyl halides is 3. The number of hydrogen-bond acceptors (Lipinski definition) is 2. The zero-order chi connectivity index (χ0) is 15.5. The van der Waals surface area contributed by atoms with Crippen LogP contribution in [0, 0.1) is 0 Å². The Morgan fingerprint density at radius 3 is 1.55 bits per heavy atom. The van der Waals surface area contributed by atoms with E-state index in [1.54, 1.807) is 13.8 Å². The van der Waals surface area contributed by atoms with Crippen molar-refractivity contribution in [1.29, 1.82) is 0 Å². The Hall–Kier alpha value is -0.290. The molecule has 0 aliphatic rings. The lowest BCUT2D eigenvalue weighted by atomic mass is 10.0. The molecule has 0 atom stereocenters. The van der Waals surface area contributed by atoms with Gasteiger partial charge >= 0.3 is 6.18 Å². The molecule has 0 aromatic carbocycles. The zero-order valence-electron chi connectivity index (χ0n) is 13.0. The average molecular weight is 298 g/mol. The Morgan fingerprint density at radius 1 is 0.700 bits per heavy atom. The molecule has 122 valence electrons. The average Bonchev–Trinajstić information content (AvgIpc) is 2.36. The fraction of sp³-hybridized carbons (Fsp3) is 1.00. The standard InChI is InChI=1S/C15H29F3O2/c1-4-7-8-9-10-11-12-13-14(19-5-2,20-6-3)15(16,17)18/h4-13H2,1-3H3. The van der Waals surface area contributed by atoms with Gasteiger partial charge in [-0.1, -0.05) is 45.4 Å². The molecule has 0 saturated heterocycles. The molecule has 0 unspecified atom stereocenters. The molecule has 0 aromatic heterocycles. The van der Waals surface area contributed by atoms with E-state index in [9.17, 15) is 13.2 Å². The van der Waals surface area contributed by atoms with Crippen molar-refractivity contribution < 1.29 is 22.6 Å². The molecular formula is C15H29F3O2. The minimum Gasteiger partial charge on any atom is -0.343 e. The molecule has 0 aromatic rings. The van der Waals surface area contributed by atoms with Crippen LogP contribution in [0.1, 0.15) is 72.1 Å². The molecule has 0 amide bonds. The first-order valence-electron chi connectivity index (χ1n) is 7.78. The van der Waals surface area contributed by atoms with Gasteiger partial charge in [0.1, 0.15) is 0 Å². The minimum atomic E-state index is -4.48. The van der Waals surface area contributed by atoms with Crippen molar-refractivity contribution in [1.82, 2.24) is 0 Å². The van der Waals surface area contributed by atoms with E-state index >= 15 is 0 Å². The number of halogens is 3. The van der Waals surface area contributed by atoms with E-state index in [-0.39, 0.29) is 19.6 Å². The monoisotopic (exact) mass is 298 g/mol. The van der Waals surface area contributed by atoms with E-state index in [1.807, 2.05) is 0 Å². The van der Waals surface area contributed by atoms with Crippen LogP contribution in [-0.2, 0) is 9.47 Å². The van der Waals surface area contributed by atoms with Gasteiger partial charge in [0.15, 0.2) is 0 Å². The normalized spacial score (nSPS) is 12.9. The van der Waals surface area contributed by atoms with Crippen molar-refractivity contribution >= 4 is 0 Å². The van der Waals surface area contributed by atoms with Crippen molar-refractivity contribution in [2.24, 2.45) is 0 Å². The van der Waals surface area contributed by atoms with Gasteiger partial charge in [0.25, 0.3) is 5.79 Å². The molecular weight excluding hydrogens is 269 g/mol. The van der Waals surface area contributed by atoms with Crippen LogP contribution in [0.25, 0.3) is 0 Å². The van der Waals surface area contributed by atoms with Gasteiger partial charge in [-0.25, -0.2) is 0 Å². The molecule has 5 heteroatoms. The zero-order valence-corrected chi connectivity index (χ0v) is 13.0. The van der Waals surface area contributed by atoms with E-state index in [0.717, 1.165) is 25.7 Å². The molecule has 0 spiro atoms. The Balaban J connectivity index is 4.22. The largest absolute Gasteiger partial charge is 0.443 e. The summed E-state index contributed by atoms with van der Waals surface area (Å²) in [6, 6.07) is 0. The summed E-state index contributed by atoms with van der Waals surface area (Å²) in [6.07, 6.45) is 2.27. The third-order valence-electron chi connectivity index (χ3n) is 3.30. The smallest absolute Gasteiger partial charge is 0.343 e. The van der Waals surface area contributed by atoms with Gasteiger partial charge < -0.3 is 9.47 Å². The summed E-state index contributed by atoms with van der Waals surface area (Å²) in [4.78, 5) is 0. The summed E-state index contributed by atoms with van der Waals surface area (Å²) in [5.41, 5.74) is 0. The topological polar surface area (TPSA) is 18.5 Å². The number of rotatable bonds is 12. The highest BCUT2D eigenvalue weighted by molar-refractivity contribution is 4.79. The first-order chi connectivity index (χ1) is 9.43. The molecule has 0 fully saturated rings. The number of hydrogen-bond donors (Lipinski definition) is 0. The highest BCUT2D eigenvalue weighted by Gasteiger charge is 2.56. The summed E-state index contributed by atoms with van der Waals surface area (Å²) in [6.45, 7) is 5.25. The Labute approximate surface area is 121 Å². The van der Waals surface area contributed by atoms with Crippen molar-refractivity contribution in [3.8, 4) is 0 Å². The predicted molar refractivity (Wildman–Crippen MR) is 74.6 cm³/mol. The fourth-order valence-electron chi connectivity index (χ4n) is 2.27. The first-order valence-corrected chi connectivity index (χ1v) is 7.78. The molecule has 0 aliphatic carbocycles. The van der Waals surface area contributed by atoms with Crippen LogP contribution < -0.4 is 0 Å². The third-order valence-corrected chi connectivity index (χ3v) is 3.30. The molecule has 0 radical (unpaired) electrons. The van der Waals surface area contributed by atoms with Crippen molar-refractivity contribution in [2.75, 3.05) is 13.2 Å². The molecule has 0 heterocycles. The van der Waals surface area contributed by atoms with E-state index < -0.39 is 12.0 Å². The lowest BCUT2D eigenvalue weighted by molar-refractivity contribution is -0.382. The van der Waals surface area contributed by atoms with Crippen LogP contribution in [0.2, 0.25) is 0 Å². The summed E-state index contributed by atoms with van der Waals surface area (Å²) >= 11 is 0. The number of ether oxygens (including phenoxy) is 2. The van der Waals surface area contributed by atoms with Crippen LogP contribution in [0.4, 0.5) is 13.2 Å². The van der Waals surface area contributed by atoms with Gasteiger partial charge in [-0.05, 0) is 20.3 Å². The third kappa shape index (κ3) is 6.93. The summed E-state index contributed by atoms with van der Waals surface area (Å²) in [5, 5.41) is 0. The SMILES string of the molecule is CCCCCCCCCC(OCC)(OCC)C(F)(F)F. The quantitative estimate of drug-likeness (QED) is 0.352. The Kier molecular flexibility index (Phi) is 10.3. The lowest BCUT2D eigenvalue weighted by Crippen LogP contribution is -2.50. The van der Waals surface area contributed by atoms with E-state index in [2.05, 4.69) is 6.92 Å². The highest BCUT2D eigenvalue weighted by Crippen LogP contribution is 2.39. The van der Waals surface area contributed by atoms with E-state index in [4.69, 9.17) is 9.47 Å². The molecule has 2 nitrogen and oxygen atoms in total. The van der Waals surface area contributed by atoms with Crippen LogP contribution in [0.5, 0.6) is 0 Å². The summed E-state index contributed by atoms with van der Waals surface area (Å²) in [7, 11) is 0. The molecule has 0 saturated carbocycles. The fourth-order valence-corrected chi connectivity index (χ4v) is 2.27. The number of unbranched alkanes of at least 4 members (excludes halogenated alkanes) is 6. The van der Waals surface area contributed by atoms with Gasteiger partial charge in [0.05, 0.1) is 0 Å². The van der Waals surface area contributed by atoms with Crippen LogP contribution >= 0.6 is 0 Å². The van der Waals surface area contributed by atoms with Crippen molar-refractivity contribution in [2.45, 2.75) is 84.1 Å². The highest BCUT2D eigenvalue weighted by atomic mass is 19.4. The van der Waals surface area contributed by atoms with Gasteiger partial charge in [-0.3, -0.25) is 0 Å². The summed E-state index contributed by atoms with van der Waals surface area (Å²) in [5.74, 6) is -2.42. The van der Waals surface area contributed by atoms with Crippen molar-refractivity contribution in [3.63, 3.8) is 0 Å². The van der Waals surface area contributed by atoms with Gasteiger partial charge in [-0.2, -0.15) is 13.2 Å². The van der Waals surface area contributed by atoms with Crippen LogP contribution in [0.15, 0.2) is 0 Å². The van der Waals surface area contributed by atoms with Crippen molar-refractivity contribution in [3.05, 3.63) is 0 Å². The van der Waals surface area contributed by atoms with Gasteiger partial charge in [0, 0.05) is 19.6 Å². The van der Waals surface area contributed by atoms with Gasteiger partial charge in [0.2, 0.25) is 0 Å². The minimum absolute atomic E-state index is 0.00396. The maximum absolute atomic E-state index is 13.2. The van der Waals surface area contributed by atoms with Gasteiger partial charge in [-0.15, -0.1) is 0 Å². The molecule has 0 aliphatic heterocycles. The molecule has 0 bridgehead atoms. The second-order valence-electron chi connectivity index (χ2n) is 4.99. The Bertz CT molecular complexity index is 224. The predicted octanol–water partition coefficient (Wildman–Crippen LogP) is 5.46. The van der Waals surface area contributed by atoms with Crippen LogP contribution in [-0.4, -0.2) is 25.2 Å². The van der Waals surface area contributed by atoms with Crippen LogP contribution in [0.3, 0.4) is 0 Å². The lowest BCUT2D eigenvalue weighted by Gasteiger charge is -2.34. The van der Waals surface area contributed by atoms with E-state index in [1.165, 1.54) is 12.8 Å². The van der Waals surface area contributed by atoms with E-state index in [0.29, 0.717) is 6.42 Å². The first kappa shape index (κ1) is 19.7. The second kappa shape index (κ2) is 10.4. The maximum atomic E-state index is 13.2. The molecule has 0 N–H and O–H groups in total. The summed E-state index contributed by atoms with van der Waals surface area (Å²) < 4.78 is 49.4. The maximum Gasteiger partial charge on any atom is 0.443 e. The second-order valence-corrected chi connectivity index (χ2v) is 4.99. The Morgan fingerprint density at radius 2 is 1.15 bits per heavy atom.